The zero-order chi connectivity index (χ0) is 31.8. The van der Waals surface area contributed by atoms with Gasteiger partial charge < -0.3 is 18.6 Å². The highest BCUT2D eigenvalue weighted by Gasteiger charge is 2.49. The van der Waals surface area contributed by atoms with Gasteiger partial charge in [-0.2, -0.15) is 8.42 Å². The van der Waals surface area contributed by atoms with Gasteiger partial charge in [0.05, 0.1) is 32.2 Å². The SMILES string of the molecule is CC(C)(C)[Si](C)(C)O[C@H]1CC[C@@H](OS(C)(=O)=O)[C@@H](OCc2ccccc2)[C@H](OCc2ccccc2)[C@H]1OCc1ccccc1. The lowest BCUT2D eigenvalue weighted by Crippen LogP contribution is -2.54. The molecule has 0 N–H and O–H groups in total. The van der Waals surface area contributed by atoms with E-state index in [9.17, 15) is 8.42 Å². The number of ether oxygens (including phenoxy) is 3. The largest absolute Gasteiger partial charge is 0.411 e. The van der Waals surface area contributed by atoms with Gasteiger partial charge in [-0.3, -0.25) is 4.18 Å². The fraction of sp³-hybridized carbons (Fsp3) is 0.486. The number of rotatable bonds is 13. The lowest BCUT2D eigenvalue weighted by atomic mass is 10.0. The Kier molecular flexibility index (Phi) is 12.0. The molecular weight excluding hydrogens is 593 g/mol. The molecule has 240 valence electrons. The van der Waals surface area contributed by atoms with E-state index >= 15 is 0 Å². The van der Waals surface area contributed by atoms with E-state index in [0.29, 0.717) is 26.1 Å². The van der Waals surface area contributed by atoms with Gasteiger partial charge >= 0.3 is 0 Å². The smallest absolute Gasteiger partial charge is 0.264 e. The average molecular weight is 641 g/mol. The van der Waals surface area contributed by atoms with E-state index < -0.39 is 42.9 Å². The Balaban J connectivity index is 1.76. The van der Waals surface area contributed by atoms with Crippen LogP contribution in [-0.4, -0.2) is 53.5 Å². The van der Waals surface area contributed by atoms with Crippen LogP contribution >= 0.6 is 0 Å². The Hall–Kier alpha value is -2.37. The Morgan fingerprint density at radius 2 is 1.00 bits per heavy atom. The summed E-state index contributed by atoms with van der Waals surface area (Å²) in [5.74, 6) is 0. The summed E-state index contributed by atoms with van der Waals surface area (Å²) < 4.78 is 58.1. The van der Waals surface area contributed by atoms with Crippen molar-refractivity contribution in [2.75, 3.05) is 6.26 Å². The molecule has 9 heteroatoms. The first-order valence-electron chi connectivity index (χ1n) is 15.3. The van der Waals surface area contributed by atoms with Gasteiger partial charge in [-0.15, -0.1) is 0 Å². The van der Waals surface area contributed by atoms with Crippen molar-refractivity contribution in [3.8, 4) is 0 Å². The normalized spacial score (nSPS) is 23.3. The van der Waals surface area contributed by atoms with Crippen LogP contribution in [0.2, 0.25) is 18.1 Å². The Morgan fingerprint density at radius 3 is 1.39 bits per heavy atom. The molecule has 0 bridgehead atoms. The molecule has 0 heterocycles. The maximum absolute atomic E-state index is 12.6. The fourth-order valence-corrected chi connectivity index (χ4v) is 7.19. The van der Waals surface area contributed by atoms with Gasteiger partial charge in [-0.25, -0.2) is 0 Å². The molecule has 4 rings (SSSR count). The third-order valence-corrected chi connectivity index (χ3v) is 13.6. The van der Waals surface area contributed by atoms with E-state index in [2.05, 4.69) is 33.9 Å². The number of hydrogen-bond acceptors (Lipinski definition) is 7. The van der Waals surface area contributed by atoms with Crippen LogP contribution in [0.5, 0.6) is 0 Å². The zero-order valence-electron chi connectivity index (χ0n) is 26.8. The monoisotopic (exact) mass is 640 g/mol. The van der Waals surface area contributed by atoms with Gasteiger partial charge in [-0.1, -0.05) is 112 Å². The molecule has 0 saturated heterocycles. The highest BCUT2D eigenvalue weighted by Crippen LogP contribution is 2.41. The number of hydrogen-bond donors (Lipinski definition) is 0. The second-order valence-corrected chi connectivity index (χ2v) is 19.5. The molecule has 1 saturated carbocycles. The van der Waals surface area contributed by atoms with Crippen LogP contribution in [0.3, 0.4) is 0 Å². The van der Waals surface area contributed by atoms with Crippen molar-refractivity contribution in [3.05, 3.63) is 108 Å². The topological polar surface area (TPSA) is 80.3 Å². The summed E-state index contributed by atoms with van der Waals surface area (Å²) in [4.78, 5) is 0. The highest BCUT2D eigenvalue weighted by atomic mass is 32.2. The van der Waals surface area contributed by atoms with Crippen LogP contribution in [0.4, 0.5) is 0 Å². The van der Waals surface area contributed by atoms with Crippen LogP contribution in [-0.2, 0) is 52.8 Å². The van der Waals surface area contributed by atoms with Crippen molar-refractivity contribution in [3.63, 3.8) is 0 Å². The van der Waals surface area contributed by atoms with Gasteiger partial charge in [0.15, 0.2) is 8.32 Å². The minimum atomic E-state index is -3.80. The second-order valence-electron chi connectivity index (χ2n) is 13.1. The summed E-state index contributed by atoms with van der Waals surface area (Å²) in [6, 6.07) is 29.7. The van der Waals surface area contributed by atoms with Crippen molar-refractivity contribution in [2.24, 2.45) is 0 Å². The predicted octanol–water partition coefficient (Wildman–Crippen LogP) is 7.27. The highest BCUT2D eigenvalue weighted by molar-refractivity contribution is 7.86. The molecule has 3 aromatic carbocycles. The van der Waals surface area contributed by atoms with E-state index in [0.717, 1.165) is 22.9 Å². The maximum Gasteiger partial charge on any atom is 0.264 e. The molecule has 3 aromatic rings. The molecule has 0 unspecified atom stereocenters. The summed E-state index contributed by atoms with van der Waals surface area (Å²) in [6.07, 6.45) is -1.12. The Morgan fingerprint density at radius 1 is 0.636 bits per heavy atom. The molecule has 0 spiro atoms. The lowest BCUT2D eigenvalue weighted by Gasteiger charge is -2.43. The lowest BCUT2D eigenvalue weighted by molar-refractivity contribution is -0.183. The Labute approximate surface area is 265 Å². The van der Waals surface area contributed by atoms with Gasteiger partial charge in [0, 0.05) is 0 Å². The van der Waals surface area contributed by atoms with Gasteiger partial charge in [-0.05, 0) is 47.7 Å². The average Bonchev–Trinajstić information content (AvgIpc) is 3.10. The standard InChI is InChI=1S/C35H48O7SSi/c1-35(2,3)44(5,6)42-31-23-22-30(41-43(4,36)37)32(38-24-27-16-10-7-11-17-27)34(40-26-29-20-14-9-15-21-29)33(31)39-25-28-18-12-8-13-19-28/h7-21,30-34H,22-26H2,1-6H3/t30-,31+,32-,33+,34+/m1/s1. The molecule has 0 amide bonds. The molecule has 44 heavy (non-hydrogen) atoms. The molecule has 1 fully saturated rings. The zero-order valence-corrected chi connectivity index (χ0v) is 28.7. The molecule has 0 aliphatic heterocycles. The summed E-state index contributed by atoms with van der Waals surface area (Å²) >= 11 is 0. The molecule has 0 aromatic heterocycles. The molecule has 5 atom stereocenters. The van der Waals surface area contributed by atoms with Crippen LogP contribution in [0.15, 0.2) is 91.0 Å². The molecule has 0 radical (unpaired) electrons. The summed E-state index contributed by atoms with van der Waals surface area (Å²) in [5, 5.41) is -0.0461. The summed E-state index contributed by atoms with van der Waals surface area (Å²) in [7, 11) is -6.08. The van der Waals surface area contributed by atoms with Gasteiger partial charge in [0.25, 0.3) is 10.1 Å². The van der Waals surface area contributed by atoms with E-state index in [4.69, 9.17) is 22.8 Å². The van der Waals surface area contributed by atoms with Crippen molar-refractivity contribution in [2.45, 2.75) is 102 Å². The molecule has 7 nitrogen and oxygen atoms in total. The van der Waals surface area contributed by atoms with Crippen molar-refractivity contribution in [1.29, 1.82) is 0 Å². The van der Waals surface area contributed by atoms with Crippen LogP contribution < -0.4 is 0 Å². The Bertz CT molecular complexity index is 1380. The summed E-state index contributed by atoms with van der Waals surface area (Å²) in [5.41, 5.74) is 2.98. The van der Waals surface area contributed by atoms with Gasteiger partial charge in [0.1, 0.15) is 24.4 Å². The first kappa shape index (κ1) is 34.5. The molecule has 1 aliphatic rings. The van der Waals surface area contributed by atoms with Crippen LogP contribution in [0.1, 0.15) is 50.3 Å². The van der Waals surface area contributed by atoms with Gasteiger partial charge in [0.2, 0.25) is 0 Å². The first-order valence-corrected chi connectivity index (χ1v) is 20.1. The molecular formula is C35H48O7SSi. The minimum absolute atomic E-state index is 0.0461. The second kappa shape index (κ2) is 15.3. The first-order chi connectivity index (χ1) is 20.8. The number of benzene rings is 3. The maximum atomic E-state index is 12.6. The minimum Gasteiger partial charge on any atom is -0.411 e. The van der Waals surface area contributed by atoms with E-state index in [1.807, 2.05) is 91.0 Å². The van der Waals surface area contributed by atoms with E-state index in [-0.39, 0.29) is 17.7 Å². The van der Waals surface area contributed by atoms with Crippen molar-refractivity contribution >= 4 is 18.4 Å². The van der Waals surface area contributed by atoms with Crippen LogP contribution in [0, 0.1) is 0 Å². The van der Waals surface area contributed by atoms with E-state index in [1.165, 1.54) is 0 Å². The fourth-order valence-electron chi connectivity index (χ4n) is 5.17. The van der Waals surface area contributed by atoms with Crippen molar-refractivity contribution < 1.29 is 31.2 Å². The van der Waals surface area contributed by atoms with Crippen LogP contribution in [0.25, 0.3) is 0 Å². The predicted molar refractivity (Wildman–Crippen MR) is 176 cm³/mol. The van der Waals surface area contributed by atoms with E-state index in [1.54, 1.807) is 0 Å². The summed E-state index contributed by atoms with van der Waals surface area (Å²) in [6.45, 7) is 12.0. The van der Waals surface area contributed by atoms with Crippen molar-refractivity contribution in [1.82, 2.24) is 0 Å². The quantitative estimate of drug-likeness (QED) is 0.110. The third kappa shape index (κ3) is 10.1. The third-order valence-electron chi connectivity index (χ3n) is 8.52. The molecule has 1 aliphatic carbocycles.